The molecule has 9 nitrogen and oxygen atoms in total. The van der Waals surface area contributed by atoms with Gasteiger partial charge in [0.25, 0.3) is 5.91 Å². The zero-order valence-electron chi connectivity index (χ0n) is 23.2. The number of hydrazone groups is 1. The summed E-state index contributed by atoms with van der Waals surface area (Å²) in [5, 5.41) is 9.83. The first-order chi connectivity index (χ1) is 19.3. The third-order valence-electron chi connectivity index (χ3n) is 7.07. The van der Waals surface area contributed by atoms with Crippen molar-refractivity contribution in [1.29, 1.82) is 0 Å². The highest BCUT2D eigenvalue weighted by Crippen LogP contribution is 2.34. The first-order valence-corrected chi connectivity index (χ1v) is 14.4. The van der Waals surface area contributed by atoms with Crippen molar-refractivity contribution in [2.75, 3.05) is 12.4 Å². The predicted octanol–water partition coefficient (Wildman–Crippen LogP) is 6.48. The van der Waals surface area contributed by atoms with Gasteiger partial charge in [0.15, 0.2) is 11.5 Å². The molecule has 1 atom stereocenters. The molecule has 10 heteroatoms. The molecule has 0 saturated heterocycles. The molecular formula is C30H34N4O5S. The van der Waals surface area contributed by atoms with E-state index in [-0.39, 0.29) is 18.6 Å². The summed E-state index contributed by atoms with van der Waals surface area (Å²) in [7, 11) is 1.63. The second-order valence-corrected chi connectivity index (χ2v) is 11.2. The van der Waals surface area contributed by atoms with Gasteiger partial charge in [0.2, 0.25) is 0 Å². The van der Waals surface area contributed by atoms with E-state index in [4.69, 9.17) is 19.3 Å². The zero-order chi connectivity index (χ0) is 28.2. The summed E-state index contributed by atoms with van der Waals surface area (Å²) in [6.45, 7) is 5.89. The van der Waals surface area contributed by atoms with Crippen LogP contribution in [0.25, 0.3) is 0 Å². The van der Waals surface area contributed by atoms with Crippen LogP contribution in [0.3, 0.4) is 0 Å². The van der Waals surface area contributed by atoms with Crippen LogP contribution >= 0.6 is 11.3 Å². The number of carbonyl (C=O) groups excluding carboxylic acids is 2. The Bertz CT molecular complexity index is 1410. The molecule has 1 fully saturated rings. The zero-order valence-corrected chi connectivity index (χ0v) is 24.0. The van der Waals surface area contributed by atoms with Gasteiger partial charge in [-0.05, 0) is 81.8 Å². The number of ether oxygens (including phenoxy) is 3. The fraction of sp³-hybridized carbons (Fsp3) is 0.400. The summed E-state index contributed by atoms with van der Waals surface area (Å²) < 4.78 is 17.6. The van der Waals surface area contributed by atoms with Crippen LogP contribution < -0.4 is 14.8 Å². The van der Waals surface area contributed by atoms with E-state index in [1.807, 2.05) is 51.1 Å². The number of cyclic esters (lactones) is 1. The number of aromatic nitrogens is 1. The molecule has 1 saturated carbocycles. The molecule has 0 bridgehead atoms. The van der Waals surface area contributed by atoms with Crippen molar-refractivity contribution >= 4 is 34.7 Å². The number of carbonyl (C=O) groups is 2. The fourth-order valence-corrected chi connectivity index (χ4v) is 5.82. The first kappa shape index (κ1) is 27.6. The van der Waals surface area contributed by atoms with E-state index in [0.717, 1.165) is 29.0 Å². The minimum absolute atomic E-state index is 0.177. The van der Waals surface area contributed by atoms with Crippen LogP contribution in [0.2, 0.25) is 0 Å². The van der Waals surface area contributed by atoms with E-state index < -0.39 is 12.2 Å². The lowest BCUT2D eigenvalue weighted by Gasteiger charge is -2.29. The molecule has 2 heterocycles. The van der Waals surface area contributed by atoms with Gasteiger partial charge < -0.3 is 19.5 Å². The number of aryl methyl sites for hydroxylation is 2. The number of hydrogen-bond acceptors (Lipinski definition) is 8. The molecule has 2 aliphatic rings. The minimum Gasteiger partial charge on any atom is -0.493 e. The molecule has 3 aromatic rings. The van der Waals surface area contributed by atoms with Gasteiger partial charge >= 0.3 is 6.09 Å². The van der Waals surface area contributed by atoms with Crippen LogP contribution in [0.1, 0.15) is 70.5 Å². The second-order valence-electron chi connectivity index (χ2n) is 10.0. The van der Waals surface area contributed by atoms with Crippen LogP contribution in [0, 0.1) is 13.8 Å². The monoisotopic (exact) mass is 562 g/mol. The SMILES string of the molecule is CCC1OC(=O)N(Cc2ccc(NC(=O)c3sc(C)nc3C)cc2)N=C1c1ccc(OC)c(OC2CCCC2)c1. The lowest BCUT2D eigenvalue weighted by atomic mass is 10.0. The molecule has 0 radical (unpaired) electrons. The average molecular weight is 563 g/mol. The molecule has 40 heavy (non-hydrogen) atoms. The molecule has 0 spiro atoms. The van der Waals surface area contributed by atoms with Crippen LogP contribution in [0.15, 0.2) is 47.6 Å². The van der Waals surface area contributed by atoms with Gasteiger partial charge in [0, 0.05) is 11.3 Å². The van der Waals surface area contributed by atoms with Crippen molar-refractivity contribution < 1.29 is 23.8 Å². The van der Waals surface area contributed by atoms with E-state index in [0.29, 0.717) is 39.9 Å². The van der Waals surface area contributed by atoms with E-state index in [1.165, 1.54) is 29.2 Å². The van der Waals surface area contributed by atoms with Gasteiger partial charge in [-0.25, -0.2) is 9.78 Å². The third kappa shape index (κ3) is 6.12. The molecule has 1 unspecified atom stereocenters. The second kappa shape index (κ2) is 12.1. The average Bonchev–Trinajstić information content (AvgIpc) is 3.59. The first-order valence-electron chi connectivity index (χ1n) is 13.6. The van der Waals surface area contributed by atoms with Crippen molar-refractivity contribution in [2.45, 2.75) is 71.6 Å². The Labute approximate surface area is 238 Å². The molecule has 2 amide bonds. The van der Waals surface area contributed by atoms with E-state index in [1.54, 1.807) is 19.2 Å². The summed E-state index contributed by atoms with van der Waals surface area (Å²) in [4.78, 5) is 30.4. The summed E-state index contributed by atoms with van der Waals surface area (Å²) in [6.07, 6.45) is 4.21. The van der Waals surface area contributed by atoms with E-state index in [2.05, 4.69) is 10.3 Å². The number of nitrogens with one attached hydrogen (secondary N) is 1. The summed E-state index contributed by atoms with van der Waals surface area (Å²) in [5.41, 5.74) is 3.71. The molecule has 2 aromatic carbocycles. The third-order valence-corrected chi connectivity index (χ3v) is 8.14. The lowest BCUT2D eigenvalue weighted by molar-refractivity contribution is 0.0712. The maximum atomic E-state index is 12.8. The number of methoxy groups -OCH3 is 1. The summed E-state index contributed by atoms with van der Waals surface area (Å²) >= 11 is 1.37. The molecule has 1 aliphatic carbocycles. The van der Waals surface area contributed by atoms with Crippen molar-refractivity contribution in [1.82, 2.24) is 9.99 Å². The van der Waals surface area contributed by atoms with Gasteiger partial charge in [-0.2, -0.15) is 10.1 Å². The number of thiazole rings is 1. The van der Waals surface area contributed by atoms with Gasteiger partial charge in [-0.3, -0.25) is 4.79 Å². The van der Waals surface area contributed by atoms with E-state index >= 15 is 0 Å². The number of hydrogen-bond donors (Lipinski definition) is 1. The Morgan fingerprint density at radius 2 is 1.88 bits per heavy atom. The number of nitrogens with zero attached hydrogens (tertiary/aromatic N) is 3. The fourth-order valence-electron chi connectivity index (χ4n) is 5.00. The van der Waals surface area contributed by atoms with Crippen LogP contribution in [-0.4, -0.2) is 47.0 Å². The Morgan fingerprint density at radius 1 is 1.12 bits per heavy atom. The number of anilines is 1. The predicted molar refractivity (Wildman–Crippen MR) is 155 cm³/mol. The smallest absolute Gasteiger partial charge is 0.431 e. The number of rotatable bonds is 9. The Hall–Kier alpha value is -3.92. The molecule has 5 rings (SSSR count). The maximum absolute atomic E-state index is 12.8. The van der Waals surface area contributed by atoms with Crippen molar-refractivity contribution in [3.63, 3.8) is 0 Å². The maximum Gasteiger partial charge on any atom is 0.431 e. The number of benzene rings is 2. The summed E-state index contributed by atoms with van der Waals surface area (Å²) in [6, 6.07) is 13.1. The van der Waals surface area contributed by atoms with Crippen molar-refractivity contribution in [2.24, 2.45) is 5.10 Å². The van der Waals surface area contributed by atoms with Crippen LogP contribution in [0.5, 0.6) is 11.5 Å². The lowest BCUT2D eigenvalue weighted by Crippen LogP contribution is -2.41. The van der Waals surface area contributed by atoms with Crippen LogP contribution in [0.4, 0.5) is 10.5 Å². The quantitative estimate of drug-likeness (QED) is 0.320. The highest BCUT2D eigenvalue weighted by atomic mass is 32.1. The van der Waals surface area contributed by atoms with Crippen molar-refractivity contribution in [3.8, 4) is 11.5 Å². The standard InChI is InChI=1S/C30H34N4O5S/c1-5-24-27(21-12-15-25(37-4)26(16-21)38-23-8-6-7-9-23)33-34(30(36)39-24)17-20-10-13-22(14-11-20)32-29(35)28-18(2)31-19(3)40-28/h10-16,23-24H,5-9,17H2,1-4H3,(H,32,35). The van der Waals surface area contributed by atoms with Crippen molar-refractivity contribution in [3.05, 3.63) is 69.2 Å². The van der Waals surface area contributed by atoms with Gasteiger partial charge in [0.05, 0.1) is 30.5 Å². The minimum atomic E-state index is -0.500. The molecule has 1 aromatic heterocycles. The Balaban J connectivity index is 1.33. The largest absolute Gasteiger partial charge is 0.493 e. The topological polar surface area (TPSA) is 102 Å². The molecular weight excluding hydrogens is 528 g/mol. The van der Waals surface area contributed by atoms with Gasteiger partial charge in [-0.15, -0.1) is 11.3 Å². The van der Waals surface area contributed by atoms with E-state index in [9.17, 15) is 9.59 Å². The molecule has 210 valence electrons. The van der Waals surface area contributed by atoms with Crippen LogP contribution in [-0.2, 0) is 11.3 Å². The normalized spacial score (nSPS) is 17.4. The molecule has 1 aliphatic heterocycles. The Morgan fingerprint density at radius 3 is 2.52 bits per heavy atom. The van der Waals surface area contributed by atoms with Gasteiger partial charge in [-0.1, -0.05) is 19.1 Å². The highest BCUT2D eigenvalue weighted by Gasteiger charge is 2.31. The Kier molecular flexibility index (Phi) is 8.35. The number of amides is 2. The van der Waals surface area contributed by atoms with Gasteiger partial charge in [0.1, 0.15) is 16.7 Å². The molecule has 1 N–H and O–H groups in total. The highest BCUT2D eigenvalue weighted by molar-refractivity contribution is 7.13. The summed E-state index contributed by atoms with van der Waals surface area (Å²) in [5.74, 6) is 1.15.